The zero-order valence-electron chi connectivity index (χ0n) is 16.3. The summed E-state index contributed by atoms with van der Waals surface area (Å²) < 4.78 is 27.5. The molecule has 1 aromatic heterocycles. The van der Waals surface area contributed by atoms with Gasteiger partial charge >= 0.3 is 0 Å². The van der Waals surface area contributed by atoms with Crippen molar-refractivity contribution in [2.45, 2.75) is 25.3 Å². The van der Waals surface area contributed by atoms with Crippen LogP contribution in [0.2, 0.25) is 0 Å². The summed E-state index contributed by atoms with van der Waals surface area (Å²) in [6, 6.07) is 3.40. The molecule has 2 aliphatic rings. The third-order valence-corrected chi connectivity index (χ3v) is 5.24. The maximum absolute atomic E-state index is 13.2. The SMILES string of the molecule is COc1ccc(C(=O)N2CCc3oc(C4CCOC4)nc3C2)c(OC)c1OC. The van der Waals surface area contributed by atoms with Gasteiger partial charge in [-0.2, -0.15) is 0 Å². The van der Waals surface area contributed by atoms with E-state index in [9.17, 15) is 4.79 Å². The van der Waals surface area contributed by atoms with Crippen molar-refractivity contribution in [3.05, 3.63) is 35.0 Å². The standard InChI is InChI=1S/C20H24N2O6/c1-24-16-5-4-13(17(25-2)18(16)26-3)20(23)22-8-6-15-14(10-22)21-19(28-15)12-7-9-27-11-12/h4-5,12H,6-11H2,1-3H3. The Morgan fingerprint density at radius 3 is 2.68 bits per heavy atom. The Balaban J connectivity index is 1.58. The first kappa shape index (κ1) is 18.6. The first-order chi connectivity index (χ1) is 13.7. The van der Waals surface area contributed by atoms with Crippen LogP contribution in [0.15, 0.2) is 16.5 Å². The molecule has 0 N–H and O–H groups in total. The lowest BCUT2D eigenvalue weighted by Crippen LogP contribution is -2.36. The second-order valence-electron chi connectivity index (χ2n) is 6.84. The lowest BCUT2D eigenvalue weighted by Gasteiger charge is -2.26. The van der Waals surface area contributed by atoms with Crippen LogP contribution in [0.1, 0.15) is 40.0 Å². The van der Waals surface area contributed by atoms with Gasteiger partial charge in [-0.15, -0.1) is 0 Å². The topological polar surface area (TPSA) is 83.3 Å². The van der Waals surface area contributed by atoms with Gasteiger partial charge in [0.1, 0.15) is 11.5 Å². The van der Waals surface area contributed by atoms with Crippen LogP contribution < -0.4 is 14.2 Å². The molecule has 0 radical (unpaired) electrons. The second kappa shape index (κ2) is 7.71. The van der Waals surface area contributed by atoms with E-state index < -0.39 is 0 Å². The van der Waals surface area contributed by atoms with Gasteiger partial charge in [-0.1, -0.05) is 0 Å². The van der Waals surface area contributed by atoms with Crippen LogP contribution in [-0.4, -0.2) is 56.9 Å². The fourth-order valence-corrected chi connectivity index (χ4v) is 3.74. The molecule has 1 saturated heterocycles. The number of methoxy groups -OCH3 is 3. The lowest BCUT2D eigenvalue weighted by molar-refractivity contribution is 0.0723. The van der Waals surface area contributed by atoms with E-state index in [4.69, 9.17) is 23.4 Å². The van der Waals surface area contributed by atoms with E-state index in [1.165, 1.54) is 14.2 Å². The molecule has 4 rings (SSSR count). The number of hydrogen-bond donors (Lipinski definition) is 0. The number of benzene rings is 1. The third kappa shape index (κ3) is 3.17. The molecule has 0 spiro atoms. The van der Waals surface area contributed by atoms with Crippen LogP contribution in [0.5, 0.6) is 17.2 Å². The minimum absolute atomic E-state index is 0.141. The number of carbonyl (C=O) groups excluding carboxylic acids is 1. The molecular formula is C20H24N2O6. The Morgan fingerprint density at radius 1 is 1.18 bits per heavy atom. The first-order valence-electron chi connectivity index (χ1n) is 9.30. The summed E-state index contributed by atoms with van der Waals surface area (Å²) in [4.78, 5) is 19.6. The Morgan fingerprint density at radius 2 is 2.00 bits per heavy atom. The maximum Gasteiger partial charge on any atom is 0.258 e. The highest BCUT2D eigenvalue weighted by molar-refractivity contribution is 5.98. The Labute approximate surface area is 163 Å². The fraction of sp³-hybridized carbons (Fsp3) is 0.500. The Bertz CT molecular complexity index is 872. The van der Waals surface area contributed by atoms with Gasteiger partial charge in [-0.3, -0.25) is 4.79 Å². The molecule has 1 amide bonds. The maximum atomic E-state index is 13.2. The van der Waals surface area contributed by atoms with Crippen molar-refractivity contribution in [1.29, 1.82) is 0 Å². The van der Waals surface area contributed by atoms with Crippen molar-refractivity contribution in [2.24, 2.45) is 0 Å². The van der Waals surface area contributed by atoms with Gasteiger partial charge in [0, 0.05) is 19.6 Å². The van der Waals surface area contributed by atoms with Crippen molar-refractivity contribution in [3.63, 3.8) is 0 Å². The number of amides is 1. The molecule has 2 aliphatic heterocycles. The van der Waals surface area contributed by atoms with Gasteiger partial charge in [0.05, 0.1) is 46.0 Å². The number of nitrogens with zero attached hydrogens (tertiary/aromatic N) is 2. The fourth-order valence-electron chi connectivity index (χ4n) is 3.74. The summed E-state index contributed by atoms with van der Waals surface area (Å²) in [6.07, 6.45) is 1.56. The van der Waals surface area contributed by atoms with Crippen LogP contribution in [-0.2, 0) is 17.7 Å². The molecule has 1 fully saturated rings. The molecule has 0 saturated carbocycles. The van der Waals surface area contributed by atoms with Crippen LogP contribution in [0, 0.1) is 0 Å². The molecule has 1 atom stereocenters. The largest absolute Gasteiger partial charge is 0.493 e. The van der Waals surface area contributed by atoms with E-state index >= 15 is 0 Å². The number of fused-ring (bicyclic) bond motifs is 1. The summed E-state index contributed by atoms with van der Waals surface area (Å²) in [5, 5.41) is 0. The molecule has 1 unspecified atom stereocenters. The lowest BCUT2D eigenvalue weighted by atomic mass is 10.1. The van der Waals surface area contributed by atoms with Crippen molar-refractivity contribution < 1.29 is 28.2 Å². The highest BCUT2D eigenvalue weighted by Gasteiger charge is 2.31. The molecule has 150 valence electrons. The number of oxazole rings is 1. The summed E-state index contributed by atoms with van der Waals surface area (Å²) in [5.74, 6) is 2.93. The molecule has 8 heteroatoms. The van der Waals surface area contributed by atoms with E-state index in [-0.39, 0.29) is 11.8 Å². The van der Waals surface area contributed by atoms with Gasteiger partial charge < -0.3 is 28.3 Å². The molecule has 1 aromatic carbocycles. The minimum Gasteiger partial charge on any atom is -0.493 e. The number of carbonyl (C=O) groups is 1. The third-order valence-electron chi connectivity index (χ3n) is 5.24. The van der Waals surface area contributed by atoms with Crippen LogP contribution in [0.4, 0.5) is 0 Å². The minimum atomic E-state index is -0.141. The highest BCUT2D eigenvalue weighted by Crippen LogP contribution is 2.40. The van der Waals surface area contributed by atoms with Crippen LogP contribution >= 0.6 is 0 Å². The van der Waals surface area contributed by atoms with Crippen molar-refractivity contribution in [2.75, 3.05) is 41.1 Å². The summed E-state index contributed by atoms with van der Waals surface area (Å²) in [5.41, 5.74) is 1.25. The predicted molar refractivity (Wildman–Crippen MR) is 99.2 cm³/mol. The van der Waals surface area contributed by atoms with E-state index in [1.54, 1.807) is 24.1 Å². The average molecular weight is 388 g/mol. The quantitative estimate of drug-likeness (QED) is 0.778. The van der Waals surface area contributed by atoms with E-state index in [0.717, 1.165) is 30.4 Å². The van der Waals surface area contributed by atoms with Gasteiger partial charge in [-0.25, -0.2) is 4.98 Å². The molecule has 0 aliphatic carbocycles. The van der Waals surface area contributed by atoms with Crippen molar-refractivity contribution in [3.8, 4) is 17.2 Å². The smallest absolute Gasteiger partial charge is 0.258 e. The molecule has 0 bridgehead atoms. The van der Waals surface area contributed by atoms with Crippen molar-refractivity contribution >= 4 is 5.91 Å². The van der Waals surface area contributed by atoms with Gasteiger partial charge in [0.15, 0.2) is 17.4 Å². The average Bonchev–Trinajstić information content (AvgIpc) is 3.40. The number of hydrogen-bond acceptors (Lipinski definition) is 7. The normalized spacial score (nSPS) is 18.7. The first-order valence-corrected chi connectivity index (χ1v) is 9.30. The molecule has 3 heterocycles. The number of rotatable bonds is 5. The molecule has 28 heavy (non-hydrogen) atoms. The van der Waals surface area contributed by atoms with Crippen LogP contribution in [0.25, 0.3) is 0 Å². The van der Waals surface area contributed by atoms with E-state index in [1.807, 2.05) is 0 Å². The van der Waals surface area contributed by atoms with Crippen molar-refractivity contribution in [1.82, 2.24) is 9.88 Å². The summed E-state index contributed by atoms with van der Waals surface area (Å²) >= 11 is 0. The summed E-state index contributed by atoms with van der Waals surface area (Å²) in [6.45, 7) is 2.34. The van der Waals surface area contributed by atoms with Gasteiger partial charge in [-0.05, 0) is 18.6 Å². The number of aromatic nitrogens is 1. The highest BCUT2D eigenvalue weighted by atomic mass is 16.5. The zero-order chi connectivity index (χ0) is 19.7. The molecular weight excluding hydrogens is 364 g/mol. The van der Waals surface area contributed by atoms with Gasteiger partial charge in [0.2, 0.25) is 5.75 Å². The zero-order valence-corrected chi connectivity index (χ0v) is 16.3. The monoisotopic (exact) mass is 388 g/mol. The van der Waals surface area contributed by atoms with E-state index in [0.29, 0.717) is 48.9 Å². The molecule has 2 aromatic rings. The predicted octanol–water partition coefficient (Wildman–Crippen LogP) is 2.40. The van der Waals surface area contributed by atoms with E-state index in [2.05, 4.69) is 4.98 Å². The second-order valence-corrected chi connectivity index (χ2v) is 6.84. The Kier molecular flexibility index (Phi) is 5.13. The molecule has 8 nitrogen and oxygen atoms in total. The van der Waals surface area contributed by atoms with Gasteiger partial charge in [0.25, 0.3) is 5.91 Å². The Hall–Kier alpha value is -2.74. The number of ether oxygens (including phenoxy) is 4. The summed E-state index contributed by atoms with van der Waals surface area (Å²) in [7, 11) is 4.57. The van der Waals surface area contributed by atoms with Crippen LogP contribution in [0.3, 0.4) is 0 Å².